The summed E-state index contributed by atoms with van der Waals surface area (Å²) in [4.78, 5) is 8.56. The van der Waals surface area contributed by atoms with Gasteiger partial charge in [0.25, 0.3) is 0 Å². The molecule has 0 aliphatic heterocycles. The molecule has 0 aromatic rings. The summed E-state index contributed by atoms with van der Waals surface area (Å²) in [6.07, 6.45) is -0.0833. The predicted octanol–water partition coefficient (Wildman–Crippen LogP) is -0.637. The molecule has 0 amide bonds. The Balaban J connectivity index is -0.0000000886. The van der Waals surface area contributed by atoms with Crippen LogP contribution in [0.5, 0.6) is 0 Å². The lowest BCUT2D eigenvalue weighted by Crippen LogP contribution is -2.07. The van der Waals surface area contributed by atoms with E-state index in [2.05, 4.69) is 6.58 Å². The van der Waals surface area contributed by atoms with Crippen molar-refractivity contribution in [3.8, 4) is 0 Å². The van der Waals surface area contributed by atoms with E-state index < -0.39 is 13.5 Å². The van der Waals surface area contributed by atoms with E-state index in [1.165, 1.54) is 0 Å². The average Bonchev–Trinajstić information content (AvgIpc) is 1.60. The minimum absolute atomic E-state index is 1.75. The van der Waals surface area contributed by atoms with Crippen molar-refractivity contribution in [1.82, 2.24) is 0 Å². The summed E-state index contributed by atoms with van der Waals surface area (Å²) in [6, 6.07) is 0. The molecule has 0 saturated heterocycles. The van der Waals surface area contributed by atoms with Crippen molar-refractivity contribution in [3.63, 3.8) is 0 Å². The van der Waals surface area contributed by atoms with E-state index in [9.17, 15) is 0 Å². The quantitative estimate of drug-likeness (QED) is 0.241. The Hall–Kier alpha value is -1.05. The molecule has 0 fully saturated rings. The number of allylic oxidation sites excluding steroid dienone is 1. The van der Waals surface area contributed by atoms with Gasteiger partial charge < -0.3 is 25.3 Å². The van der Waals surface area contributed by atoms with Gasteiger partial charge in [0.1, 0.15) is 0 Å². The standard InChI is InChI=1S/C3H6.CH2O3.BH3O3/c1-3-2;2*2-1(3)4/h3H,1H2,2H3;(H2,2,3,4);2-4H. The molecule has 7 heteroatoms. The average molecular weight is 166 g/mol. The maximum Gasteiger partial charge on any atom is 0.631 e. The van der Waals surface area contributed by atoms with E-state index in [1.807, 2.05) is 6.92 Å². The summed E-state index contributed by atoms with van der Waals surface area (Å²) in [6.45, 7) is 5.25. The lowest BCUT2D eigenvalue weighted by atomic mass is 10.3. The smallest absolute Gasteiger partial charge is 0.450 e. The molecule has 66 valence electrons. The van der Waals surface area contributed by atoms with Gasteiger partial charge in [-0.3, -0.25) is 0 Å². The normalized spacial score (nSPS) is 5.82. The van der Waals surface area contributed by atoms with E-state index >= 15 is 0 Å². The summed E-state index contributed by atoms with van der Waals surface area (Å²) < 4.78 is 0. The van der Waals surface area contributed by atoms with Crippen LogP contribution >= 0.6 is 0 Å². The molecule has 6 nitrogen and oxygen atoms in total. The van der Waals surface area contributed by atoms with Gasteiger partial charge >= 0.3 is 13.5 Å². The molecule has 0 aromatic carbocycles. The zero-order valence-corrected chi connectivity index (χ0v) is 6.01. The first-order valence-corrected chi connectivity index (χ1v) is 2.41. The highest BCUT2D eigenvalue weighted by Gasteiger charge is 1.92. The van der Waals surface area contributed by atoms with Crippen LogP contribution in [0.15, 0.2) is 12.7 Å². The fraction of sp³-hybridized carbons (Fsp3) is 0.250. The molecular weight excluding hydrogens is 155 g/mol. The van der Waals surface area contributed by atoms with Crippen LogP contribution in [-0.4, -0.2) is 38.8 Å². The summed E-state index contributed by atoms with van der Waals surface area (Å²) in [5.41, 5.74) is 0. The molecule has 0 atom stereocenters. The number of rotatable bonds is 0. The van der Waals surface area contributed by atoms with E-state index in [4.69, 9.17) is 30.1 Å². The van der Waals surface area contributed by atoms with Crippen LogP contribution in [-0.2, 0) is 0 Å². The van der Waals surface area contributed by atoms with Gasteiger partial charge in [-0.15, -0.1) is 6.58 Å². The lowest BCUT2D eigenvalue weighted by Gasteiger charge is -1.69. The highest BCUT2D eigenvalue weighted by Crippen LogP contribution is 1.42. The molecule has 11 heavy (non-hydrogen) atoms. The molecule has 0 bridgehead atoms. The third-order valence-corrected chi connectivity index (χ3v) is 0. The zero-order valence-electron chi connectivity index (χ0n) is 6.01. The largest absolute Gasteiger partial charge is 0.631 e. The molecule has 0 saturated carbocycles. The molecule has 0 spiro atoms. The first kappa shape index (κ1) is 16.5. The Labute approximate surface area is 64.2 Å². The fourth-order valence-corrected chi connectivity index (χ4v) is 0. The van der Waals surface area contributed by atoms with Gasteiger partial charge in [0.15, 0.2) is 0 Å². The van der Waals surface area contributed by atoms with Crippen molar-refractivity contribution in [2.45, 2.75) is 6.92 Å². The van der Waals surface area contributed by atoms with Crippen LogP contribution in [0, 0.1) is 0 Å². The van der Waals surface area contributed by atoms with Gasteiger partial charge in [-0.2, -0.15) is 0 Å². The minimum Gasteiger partial charge on any atom is -0.450 e. The topological polar surface area (TPSA) is 118 Å². The number of hydrogen-bond donors (Lipinski definition) is 5. The Morgan fingerprint density at radius 1 is 1.36 bits per heavy atom. The van der Waals surface area contributed by atoms with Crippen molar-refractivity contribution < 1.29 is 30.1 Å². The Kier molecular flexibility index (Phi) is 24.0. The van der Waals surface area contributed by atoms with Crippen molar-refractivity contribution in [2.75, 3.05) is 0 Å². The molecule has 0 radical (unpaired) electrons. The molecule has 5 N–H and O–H groups in total. The van der Waals surface area contributed by atoms with Crippen molar-refractivity contribution in [2.24, 2.45) is 0 Å². The summed E-state index contributed by atoms with van der Waals surface area (Å²) in [7, 11) is -2.17. The predicted molar refractivity (Wildman–Crippen MR) is 38.9 cm³/mol. The number of hydrogen-bond acceptors (Lipinski definition) is 4. The van der Waals surface area contributed by atoms with Crippen molar-refractivity contribution in [1.29, 1.82) is 0 Å². The molecule has 0 unspecified atom stereocenters. The first-order valence-electron chi connectivity index (χ1n) is 2.41. The first-order chi connectivity index (χ1) is 4.88. The van der Waals surface area contributed by atoms with Crippen LogP contribution in [0.1, 0.15) is 6.92 Å². The Morgan fingerprint density at radius 3 is 1.36 bits per heavy atom. The Bertz CT molecular complexity index is 85.8. The Morgan fingerprint density at radius 2 is 1.36 bits per heavy atom. The maximum absolute atomic E-state index is 8.56. The minimum atomic E-state index is -2.17. The molecular formula is C4H11BO6. The van der Waals surface area contributed by atoms with E-state index in [1.54, 1.807) is 6.08 Å². The fourth-order valence-electron chi connectivity index (χ4n) is 0. The second-order valence-corrected chi connectivity index (χ2v) is 1.04. The van der Waals surface area contributed by atoms with Crippen LogP contribution in [0.4, 0.5) is 4.79 Å². The molecule has 0 aromatic heterocycles. The summed E-state index contributed by atoms with van der Waals surface area (Å²) in [5.74, 6) is 0. The van der Waals surface area contributed by atoms with Crippen LogP contribution < -0.4 is 0 Å². The monoisotopic (exact) mass is 166 g/mol. The molecule has 0 aliphatic carbocycles. The van der Waals surface area contributed by atoms with Crippen molar-refractivity contribution >= 4 is 13.5 Å². The van der Waals surface area contributed by atoms with E-state index in [0.29, 0.717) is 0 Å². The maximum atomic E-state index is 8.56. The summed E-state index contributed by atoms with van der Waals surface area (Å²) >= 11 is 0. The molecule has 0 rings (SSSR count). The number of carbonyl (C=O) groups is 1. The second kappa shape index (κ2) is 16.0. The van der Waals surface area contributed by atoms with Gasteiger partial charge in [-0.05, 0) is 6.92 Å². The van der Waals surface area contributed by atoms with Gasteiger partial charge in [0, 0.05) is 0 Å². The third-order valence-electron chi connectivity index (χ3n) is 0. The highest BCUT2D eigenvalue weighted by atomic mass is 16.6. The zero-order chi connectivity index (χ0) is 9.86. The molecule has 0 heterocycles. The highest BCUT2D eigenvalue weighted by molar-refractivity contribution is 6.30. The van der Waals surface area contributed by atoms with Crippen molar-refractivity contribution in [3.05, 3.63) is 12.7 Å². The SMILES string of the molecule is C=CC.O=C(O)O.OB(O)O. The third kappa shape index (κ3) is 397. The van der Waals surface area contributed by atoms with Crippen LogP contribution in [0.2, 0.25) is 0 Å². The van der Waals surface area contributed by atoms with Gasteiger partial charge in [-0.1, -0.05) is 6.08 Å². The van der Waals surface area contributed by atoms with E-state index in [0.717, 1.165) is 0 Å². The van der Waals surface area contributed by atoms with Crippen LogP contribution in [0.25, 0.3) is 0 Å². The second-order valence-electron chi connectivity index (χ2n) is 1.04. The number of carboxylic acid groups (broad SMARTS) is 2. The lowest BCUT2D eigenvalue weighted by molar-refractivity contribution is 0.137. The van der Waals surface area contributed by atoms with Gasteiger partial charge in [0.05, 0.1) is 0 Å². The van der Waals surface area contributed by atoms with E-state index in [-0.39, 0.29) is 0 Å². The molecule has 0 aliphatic rings. The van der Waals surface area contributed by atoms with Crippen LogP contribution in [0.3, 0.4) is 0 Å². The summed E-state index contributed by atoms with van der Waals surface area (Å²) in [5, 5.41) is 35.4. The van der Waals surface area contributed by atoms with Gasteiger partial charge in [0.2, 0.25) is 0 Å². The van der Waals surface area contributed by atoms with Gasteiger partial charge in [-0.25, -0.2) is 4.79 Å².